The third-order valence-corrected chi connectivity index (χ3v) is 2.18. The Morgan fingerprint density at radius 1 is 1.13 bits per heavy atom. The van der Waals surface area contributed by atoms with Gasteiger partial charge in [0.2, 0.25) is 0 Å². The molecule has 0 unspecified atom stereocenters. The van der Waals surface area contributed by atoms with Gasteiger partial charge in [-0.05, 0) is 22.9 Å². The number of anilines is 1. The van der Waals surface area contributed by atoms with Crippen LogP contribution in [0.4, 0.5) is 10.5 Å². The van der Waals surface area contributed by atoms with Crippen LogP contribution in [0.1, 0.15) is 0 Å². The highest BCUT2D eigenvalue weighted by Gasteiger charge is 2.00. The predicted molar refractivity (Wildman–Crippen MR) is 60.0 cm³/mol. The molecule has 0 saturated heterocycles. The van der Waals surface area contributed by atoms with Gasteiger partial charge in [0.1, 0.15) is 0 Å². The molecule has 0 fully saturated rings. The molecule has 0 bridgehead atoms. The molecule has 0 aliphatic carbocycles. The Hall–Kier alpha value is -2.03. The molecule has 1 N–H and O–H groups in total. The quantitative estimate of drug-likeness (QED) is 0.770. The van der Waals surface area contributed by atoms with Crippen molar-refractivity contribution in [1.82, 2.24) is 0 Å². The van der Waals surface area contributed by atoms with Gasteiger partial charge in [0.25, 0.3) is 0 Å². The fourth-order valence-electron chi connectivity index (χ4n) is 1.44. The molecule has 0 aliphatic heterocycles. The molecule has 15 heavy (non-hydrogen) atoms. The molecule has 76 valence electrons. The molecule has 2 aromatic rings. The van der Waals surface area contributed by atoms with Crippen LogP contribution < -0.4 is 5.32 Å². The average Bonchev–Trinajstić information content (AvgIpc) is 2.29. The maximum absolute atomic E-state index is 11.0. The lowest BCUT2D eigenvalue weighted by Gasteiger charge is -2.04. The Balaban J connectivity index is 2.34. The number of carbonyl (C=O) groups excluding carboxylic acids is 1. The second-order valence-corrected chi connectivity index (χ2v) is 3.18. The summed E-state index contributed by atoms with van der Waals surface area (Å²) >= 11 is 0. The molecule has 0 saturated carbocycles. The third kappa shape index (κ3) is 2.07. The minimum absolute atomic E-state index is 0.453. The minimum Gasteiger partial charge on any atom is -0.453 e. The molecular formula is C12H11NO2. The zero-order chi connectivity index (χ0) is 10.7. The lowest BCUT2D eigenvalue weighted by Crippen LogP contribution is -2.10. The van der Waals surface area contributed by atoms with Crippen molar-refractivity contribution in [2.24, 2.45) is 0 Å². The van der Waals surface area contributed by atoms with Crippen molar-refractivity contribution in [1.29, 1.82) is 0 Å². The van der Waals surface area contributed by atoms with E-state index in [0.717, 1.165) is 16.5 Å². The first-order valence-electron chi connectivity index (χ1n) is 4.63. The van der Waals surface area contributed by atoms with E-state index in [9.17, 15) is 4.79 Å². The lowest BCUT2D eigenvalue weighted by molar-refractivity contribution is 0.187. The van der Waals surface area contributed by atoms with E-state index in [0.29, 0.717) is 0 Å². The molecule has 3 heteroatoms. The van der Waals surface area contributed by atoms with E-state index in [1.165, 1.54) is 7.11 Å². The molecule has 2 rings (SSSR count). The Morgan fingerprint density at radius 2 is 1.87 bits per heavy atom. The van der Waals surface area contributed by atoms with Gasteiger partial charge in [-0.15, -0.1) is 0 Å². The first-order chi connectivity index (χ1) is 7.29. The van der Waals surface area contributed by atoms with E-state index in [4.69, 9.17) is 0 Å². The summed E-state index contributed by atoms with van der Waals surface area (Å²) in [4.78, 5) is 11.0. The predicted octanol–water partition coefficient (Wildman–Crippen LogP) is 3.02. The molecule has 0 heterocycles. The summed E-state index contributed by atoms with van der Waals surface area (Å²) in [5, 5.41) is 4.86. The van der Waals surface area contributed by atoms with E-state index < -0.39 is 6.09 Å². The fourth-order valence-corrected chi connectivity index (χ4v) is 1.44. The van der Waals surface area contributed by atoms with Crippen LogP contribution in [0.15, 0.2) is 42.5 Å². The van der Waals surface area contributed by atoms with Gasteiger partial charge >= 0.3 is 6.09 Å². The second-order valence-electron chi connectivity index (χ2n) is 3.18. The van der Waals surface area contributed by atoms with E-state index in [1.807, 2.05) is 42.5 Å². The van der Waals surface area contributed by atoms with Gasteiger partial charge in [0.05, 0.1) is 7.11 Å². The highest BCUT2D eigenvalue weighted by Crippen LogP contribution is 2.18. The summed E-state index contributed by atoms with van der Waals surface area (Å²) in [5.41, 5.74) is 0.737. The van der Waals surface area contributed by atoms with Gasteiger partial charge in [0.15, 0.2) is 0 Å². The smallest absolute Gasteiger partial charge is 0.411 e. The van der Waals surface area contributed by atoms with Crippen molar-refractivity contribution in [3.05, 3.63) is 42.5 Å². The third-order valence-electron chi connectivity index (χ3n) is 2.18. The molecular weight excluding hydrogens is 190 g/mol. The number of hydrogen-bond acceptors (Lipinski definition) is 2. The monoisotopic (exact) mass is 201 g/mol. The maximum Gasteiger partial charge on any atom is 0.411 e. The highest BCUT2D eigenvalue weighted by atomic mass is 16.5. The normalized spacial score (nSPS) is 9.93. The molecule has 1 amide bonds. The summed E-state index contributed by atoms with van der Waals surface area (Å²) in [7, 11) is 1.34. The number of carbonyl (C=O) groups is 1. The van der Waals surface area contributed by atoms with Crippen molar-refractivity contribution < 1.29 is 9.53 Å². The summed E-state index contributed by atoms with van der Waals surface area (Å²) in [6.45, 7) is 0. The molecule has 0 spiro atoms. The zero-order valence-corrected chi connectivity index (χ0v) is 8.36. The Bertz CT molecular complexity index is 494. The number of methoxy groups -OCH3 is 1. The van der Waals surface area contributed by atoms with Crippen molar-refractivity contribution in [2.75, 3.05) is 12.4 Å². The van der Waals surface area contributed by atoms with Crippen LogP contribution in [-0.2, 0) is 4.74 Å². The first kappa shape index (κ1) is 9.52. The molecule has 0 radical (unpaired) electrons. The van der Waals surface area contributed by atoms with Crippen LogP contribution in [0.3, 0.4) is 0 Å². The van der Waals surface area contributed by atoms with Gasteiger partial charge in [-0.25, -0.2) is 4.79 Å². The number of ether oxygens (including phenoxy) is 1. The van der Waals surface area contributed by atoms with Crippen LogP contribution >= 0.6 is 0 Å². The zero-order valence-electron chi connectivity index (χ0n) is 8.36. The number of amides is 1. The summed E-state index contributed by atoms with van der Waals surface area (Å²) in [5.74, 6) is 0. The van der Waals surface area contributed by atoms with Crippen molar-refractivity contribution in [3.8, 4) is 0 Å². The second kappa shape index (κ2) is 4.00. The summed E-state index contributed by atoms with van der Waals surface area (Å²) in [6, 6.07) is 13.7. The van der Waals surface area contributed by atoms with Crippen LogP contribution in [0.5, 0.6) is 0 Å². The van der Waals surface area contributed by atoms with E-state index in [1.54, 1.807) is 0 Å². The van der Waals surface area contributed by atoms with Gasteiger partial charge < -0.3 is 4.74 Å². The lowest BCUT2D eigenvalue weighted by atomic mass is 10.1. The van der Waals surface area contributed by atoms with E-state index in [-0.39, 0.29) is 0 Å². The van der Waals surface area contributed by atoms with Crippen LogP contribution in [0, 0.1) is 0 Å². The Kier molecular flexibility index (Phi) is 2.54. The fraction of sp³-hybridized carbons (Fsp3) is 0.0833. The molecule has 0 aromatic heterocycles. The summed E-state index contributed by atoms with van der Waals surface area (Å²) < 4.78 is 4.52. The highest BCUT2D eigenvalue weighted by molar-refractivity contribution is 5.91. The SMILES string of the molecule is COC(=O)Nc1ccc2ccccc2c1. The van der Waals surface area contributed by atoms with Crippen LogP contribution in [-0.4, -0.2) is 13.2 Å². The van der Waals surface area contributed by atoms with Crippen molar-refractivity contribution in [3.63, 3.8) is 0 Å². The number of benzene rings is 2. The van der Waals surface area contributed by atoms with Crippen molar-refractivity contribution >= 4 is 22.6 Å². The van der Waals surface area contributed by atoms with Crippen molar-refractivity contribution in [2.45, 2.75) is 0 Å². The first-order valence-corrected chi connectivity index (χ1v) is 4.63. The number of fused-ring (bicyclic) bond motifs is 1. The van der Waals surface area contributed by atoms with Crippen LogP contribution in [0.25, 0.3) is 10.8 Å². The van der Waals surface area contributed by atoms with Gasteiger partial charge in [0, 0.05) is 5.69 Å². The molecule has 0 aliphatic rings. The number of hydrogen-bond donors (Lipinski definition) is 1. The van der Waals surface area contributed by atoms with Gasteiger partial charge in [-0.1, -0.05) is 30.3 Å². The minimum atomic E-state index is -0.453. The average molecular weight is 201 g/mol. The van der Waals surface area contributed by atoms with E-state index >= 15 is 0 Å². The Morgan fingerprint density at radius 3 is 2.60 bits per heavy atom. The number of rotatable bonds is 1. The summed E-state index contributed by atoms with van der Waals surface area (Å²) in [6.07, 6.45) is -0.453. The van der Waals surface area contributed by atoms with Gasteiger partial charge in [-0.2, -0.15) is 0 Å². The van der Waals surface area contributed by atoms with E-state index in [2.05, 4.69) is 10.1 Å². The maximum atomic E-state index is 11.0. The van der Waals surface area contributed by atoms with Gasteiger partial charge in [-0.3, -0.25) is 5.32 Å². The van der Waals surface area contributed by atoms with Crippen LogP contribution in [0.2, 0.25) is 0 Å². The molecule has 2 aromatic carbocycles. The molecule has 0 atom stereocenters. The number of nitrogens with one attached hydrogen (secondary N) is 1. The Labute approximate surface area is 87.7 Å². The molecule has 3 nitrogen and oxygen atoms in total. The standard InChI is InChI=1S/C12H11NO2/c1-15-12(14)13-11-7-6-9-4-2-3-5-10(9)8-11/h2-8H,1H3,(H,13,14). The topological polar surface area (TPSA) is 38.3 Å². The largest absolute Gasteiger partial charge is 0.453 e.